The maximum absolute atomic E-state index is 12.0. The lowest BCUT2D eigenvalue weighted by atomic mass is 10.1. The summed E-state index contributed by atoms with van der Waals surface area (Å²) in [5.74, 6) is 0.291. The second-order valence-corrected chi connectivity index (χ2v) is 4.26. The van der Waals surface area contributed by atoms with Crippen LogP contribution in [0.15, 0.2) is 60.2 Å². The summed E-state index contributed by atoms with van der Waals surface area (Å²) in [4.78, 5) is 12.0. The number of rotatable bonds is 4. The number of nitriles is 1. The Morgan fingerprint density at radius 1 is 1.14 bits per heavy atom. The van der Waals surface area contributed by atoms with Crippen LogP contribution in [0.25, 0.3) is 6.08 Å². The van der Waals surface area contributed by atoms with Gasteiger partial charge in [-0.2, -0.15) is 5.26 Å². The summed E-state index contributed by atoms with van der Waals surface area (Å²) >= 11 is 0. The highest BCUT2D eigenvalue weighted by atomic mass is 16.5. The molecule has 0 atom stereocenters. The predicted octanol–water partition coefficient (Wildman–Crippen LogP) is 3.24. The topological polar surface area (TPSA) is 62.1 Å². The molecule has 1 N–H and O–H groups in total. The highest BCUT2D eigenvalue weighted by Gasteiger charge is 2.09. The fraction of sp³-hybridized carbons (Fsp3) is 0.0588. The maximum Gasteiger partial charge on any atom is 0.266 e. The van der Waals surface area contributed by atoms with Crippen LogP contribution in [0.1, 0.15) is 5.56 Å². The third-order valence-corrected chi connectivity index (χ3v) is 2.82. The van der Waals surface area contributed by atoms with Gasteiger partial charge >= 0.3 is 0 Å². The second kappa shape index (κ2) is 6.92. The van der Waals surface area contributed by atoms with Gasteiger partial charge in [-0.15, -0.1) is 0 Å². The summed E-state index contributed by atoms with van der Waals surface area (Å²) in [7, 11) is 1.58. The molecular weight excluding hydrogens is 264 g/mol. The minimum atomic E-state index is -0.431. The number of nitrogens with zero attached hydrogens (tertiary/aromatic N) is 1. The van der Waals surface area contributed by atoms with Gasteiger partial charge in [0.15, 0.2) is 0 Å². The minimum absolute atomic E-state index is 0.0454. The number of amides is 1. The summed E-state index contributed by atoms with van der Waals surface area (Å²) in [6, 6.07) is 18.0. The number of nitrogens with one attached hydrogen (secondary N) is 1. The van der Waals surface area contributed by atoms with Crippen LogP contribution in [0.5, 0.6) is 5.75 Å². The van der Waals surface area contributed by atoms with Gasteiger partial charge in [-0.1, -0.05) is 30.3 Å². The summed E-state index contributed by atoms with van der Waals surface area (Å²) in [5, 5.41) is 11.8. The van der Waals surface area contributed by atoms with E-state index in [0.717, 1.165) is 11.3 Å². The first-order valence-corrected chi connectivity index (χ1v) is 6.35. The molecule has 2 aromatic carbocycles. The second-order valence-electron chi connectivity index (χ2n) is 4.26. The molecule has 0 spiro atoms. The van der Waals surface area contributed by atoms with Crippen LogP contribution >= 0.6 is 0 Å². The van der Waals surface area contributed by atoms with E-state index < -0.39 is 5.91 Å². The van der Waals surface area contributed by atoms with Crippen LogP contribution in [0, 0.1) is 11.3 Å². The molecule has 4 nitrogen and oxygen atoms in total. The third-order valence-electron chi connectivity index (χ3n) is 2.82. The predicted molar refractivity (Wildman–Crippen MR) is 81.7 cm³/mol. The first-order chi connectivity index (χ1) is 10.2. The molecule has 0 saturated heterocycles. The zero-order chi connectivity index (χ0) is 15.1. The average molecular weight is 278 g/mol. The van der Waals surface area contributed by atoms with Crippen LogP contribution in [0.4, 0.5) is 5.69 Å². The van der Waals surface area contributed by atoms with E-state index in [1.54, 1.807) is 43.5 Å². The van der Waals surface area contributed by atoms with Crippen molar-refractivity contribution in [2.45, 2.75) is 0 Å². The summed E-state index contributed by atoms with van der Waals surface area (Å²) in [5.41, 5.74) is 1.46. The van der Waals surface area contributed by atoms with Crippen LogP contribution in [0.3, 0.4) is 0 Å². The standard InChI is InChI=1S/C17H14N2O2/c1-21-16-9-7-13(8-10-16)11-14(12-18)17(20)19-15-5-3-2-4-6-15/h2-11H,1H3,(H,19,20)/b14-11+. The number of anilines is 1. The molecule has 104 valence electrons. The first kappa shape index (κ1) is 14.4. The molecule has 0 heterocycles. The number of benzene rings is 2. The molecular formula is C17H14N2O2. The number of ether oxygens (including phenoxy) is 1. The van der Waals surface area contributed by atoms with Crippen molar-refractivity contribution in [3.8, 4) is 11.8 Å². The number of methoxy groups -OCH3 is 1. The summed E-state index contributed by atoms with van der Waals surface area (Å²) in [6.07, 6.45) is 1.54. The zero-order valence-electron chi connectivity index (χ0n) is 11.5. The highest BCUT2D eigenvalue weighted by Crippen LogP contribution is 2.15. The third kappa shape index (κ3) is 3.95. The molecule has 0 aromatic heterocycles. The molecule has 0 bridgehead atoms. The van der Waals surface area contributed by atoms with E-state index in [-0.39, 0.29) is 5.57 Å². The lowest BCUT2D eigenvalue weighted by Gasteiger charge is -2.04. The van der Waals surface area contributed by atoms with Crippen molar-refractivity contribution in [1.29, 1.82) is 5.26 Å². The van der Waals surface area contributed by atoms with Crippen molar-refractivity contribution >= 4 is 17.7 Å². The van der Waals surface area contributed by atoms with Crippen molar-refractivity contribution in [3.05, 3.63) is 65.7 Å². The largest absolute Gasteiger partial charge is 0.497 e. The number of hydrogen-bond acceptors (Lipinski definition) is 3. The number of carbonyl (C=O) groups is 1. The summed E-state index contributed by atoms with van der Waals surface area (Å²) < 4.78 is 5.06. The van der Waals surface area contributed by atoms with Crippen LogP contribution in [-0.2, 0) is 4.79 Å². The smallest absolute Gasteiger partial charge is 0.266 e. The fourth-order valence-corrected chi connectivity index (χ4v) is 1.74. The maximum atomic E-state index is 12.0. The molecule has 2 aromatic rings. The molecule has 0 saturated carbocycles. The molecule has 0 radical (unpaired) electrons. The fourth-order valence-electron chi connectivity index (χ4n) is 1.74. The van der Waals surface area contributed by atoms with Crippen molar-refractivity contribution in [3.63, 3.8) is 0 Å². The first-order valence-electron chi connectivity index (χ1n) is 6.35. The lowest BCUT2D eigenvalue weighted by molar-refractivity contribution is -0.112. The Bertz CT molecular complexity index is 683. The van der Waals surface area contributed by atoms with E-state index in [1.165, 1.54) is 6.08 Å². The van der Waals surface area contributed by atoms with Gasteiger partial charge in [-0.25, -0.2) is 0 Å². The van der Waals surface area contributed by atoms with Gasteiger partial charge in [0.05, 0.1) is 7.11 Å². The van der Waals surface area contributed by atoms with Crippen molar-refractivity contribution in [1.82, 2.24) is 0 Å². The molecule has 0 fully saturated rings. The molecule has 0 aliphatic carbocycles. The van der Waals surface area contributed by atoms with E-state index in [4.69, 9.17) is 10.00 Å². The van der Waals surface area contributed by atoms with E-state index >= 15 is 0 Å². The average Bonchev–Trinajstić information content (AvgIpc) is 2.54. The Morgan fingerprint density at radius 2 is 1.81 bits per heavy atom. The molecule has 0 aliphatic rings. The van der Waals surface area contributed by atoms with Crippen molar-refractivity contribution in [2.24, 2.45) is 0 Å². The van der Waals surface area contributed by atoms with Gasteiger partial charge in [0, 0.05) is 5.69 Å². The normalized spacial score (nSPS) is 10.6. The van der Waals surface area contributed by atoms with Gasteiger partial charge in [0.2, 0.25) is 0 Å². The van der Waals surface area contributed by atoms with Gasteiger partial charge < -0.3 is 10.1 Å². The minimum Gasteiger partial charge on any atom is -0.497 e. The molecule has 21 heavy (non-hydrogen) atoms. The van der Waals surface area contributed by atoms with E-state index in [9.17, 15) is 4.79 Å². The van der Waals surface area contributed by atoms with Gasteiger partial charge in [-0.3, -0.25) is 4.79 Å². The van der Waals surface area contributed by atoms with Crippen molar-refractivity contribution in [2.75, 3.05) is 12.4 Å². The van der Waals surface area contributed by atoms with Crippen LogP contribution in [-0.4, -0.2) is 13.0 Å². The molecule has 1 amide bonds. The van der Waals surface area contributed by atoms with E-state index in [2.05, 4.69) is 5.32 Å². The van der Waals surface area contributed by atoms with E-state index in [1.807, 2.05) is 24.3 Å². The van der Waals surface area contributed by atoms with Crippen molar-refractivity contribution < 1.29 is 9.53 Å². The lowest BCUT2D eigenvalue weighted by Crippen LogP contribution is -2.13. The molecule has 0 unspecified atom stereocenters. The Balaban J connectivity index is 2.16. The Kier molecular flexibility index (Phi) is 4.73. The quantitative estimate of drug-likeness (QED) is 0.689. The highest BCUT2D eigenvalue weighted by molar-refractivity contribution is 6.09. The Labute approximate surface area is 123 Å². The zero-order valence-corrected chi connectivity index (χ0v) is 11.5. The van der Waals surface area contributed by atoms with Crippen LogP contribution in [0.2, 0.25) is 0 Å². The van der Waals surface area contributed by atoms with Gasteiger partial charge in [0.25, 0.3) is 5.91 Å². The Hall–Kier alpha value is -3.06. The molecule has 4 heteroatoms. The number of carbonyl (C=O) groups excluding carboxylic acids is 1. The summed E-state index contributed by atoms with van der Waals surface area (Å²) in [6.45, 7) is 0. The number of para-hydroxylation sites is 1. The molecule has 0 aliphatic heterocycles. The van der Waals surface area contributed by atoms with E-state index in [0.29, 0.717) is 5.69 Å². The SMILES string of the molecule is COc1ccc(/C=C(\C#N)C(=O)Nc2ccccc2)cc1. The van der Waals surface area contributed by atoms with Crippen LogP contribution < -0.4 is 10.1 Å². The van der Waals surface area contributed by atoms with Gasteiger partial charge in [-0.05, 0) is 35.9 Å². The molecule has 2 rings (SSSR count). The van der Waals surface area contributed by atoms with Gasteiger partial charge in [0.1, 0.15) is 17.4 Å². The Morgan fingerprint density at radius 3 is 2.38 bits per heavy atom. The number of hydrogen-bond donors (Lipinski definition) is 1. The monoisotopic (exact) mass is 278 g/mol.